The maximum absolute atomic E-state index is 12.2. The van der Waals surface area contributed by atoms with Gasteiger partial charge in [-0.15, -0.1) is 0 Å². The van der Waals surface area contributed by atoms with Crippen LogP contribution in [-0.4, -0.2) is 77.6 Å². The quantitative estimate of drug-likeness (QED) is 0.821. The first-order chi connectivity index (χ1) is 8.82. The van der Waals surface area contributed by atoms with Crippen molar-refractivity contribution >= 4 is 12.0 Å². The Balaban J connectivity index is 2.45. The summed E-state index contributed by atoms with van der Waals surface area (Å²) in [5.74, 6) is -0.362. The second-order valence-electron chi connectivity index (χ2n) is 5.59. The predicted octanol–water partition coefficient (Wildman–Crippen LogP) is 0.785. The lowest BCUT2D eigenvalue weighted by Gasteiger charge is -2.38. The van der Waals surface area contributed by atoms with Crippen molar-refractivity contribution in [1.82, 2.24) is 14.7 Å². The number of carboxylic acid groups (broad SMARTS) is 1. The number of urea groups is 1. The molecule has 1 unspecified atom stereocenters. The topological polar surface area (TPSA) is 64.1 Å². The minimum Gasteiger partial charge on any atom is -0.480 e. The Morgan fingerprint density at radius 3 is 2.11 bits per heavy atom. The summed E-state index contributed by atoms with van der Waals surface area (Å²) in [7, 11) is 1.81. The van der Waals surface area contributed by atoms with Crippen LogP contribution >= 0.6 is 0 Å². The predicted molar refractivity (Wildman–Crippen MR) is 73.1 cm³/mol. The van der Waals surface area contributed by atoms with Crippen LogP contribution in [0.15, 0.2) is 0 Å². The Morgan fingerprint density at radius 2 is 1.68 bits per heavy atom. The molecule has 0 aromatic heterocycles. The lowest BCUT2D eigenvalue weighted by molar-refractivity contribution is -0.143. The lowest BCUT2D eigenvalue weighted by Crippen LogP contribution is -2.55. The van der Waals surface area contributed by atoms with Crippen LogP contribution in [-0.2, 0) is 4.79 Å². The molecule has 0 radical (unpaired) electrons. The smallest absolute Gasteiger partial charge is 0.320 e. The summed E-state index contributed by atoms with van der Waals surface area (Å²) in [5, 5.41) is 8.97. The number of rotatable bonds is 4. The molecule has 2 amide bonds. The Hall–Kier alpha value is -1.30. The molecule has 1 atom stereocenters. The van der Waals surface area contributed by atoms with Gasteiger partial charge in [0.1, 0.15) is 6.04 Å². The van der Waals surface area contributed by atoms with Crippen molar-refractivity contribution < 1.29 is 14.7 Å². The fourth-order valence-corrected chi connectivity index (χ4v) is 2.32. The van der Waals surface area contributed by atoms with Crippen LogP contribution in [0.3, 0.4) is 0 Å². The highest BCUT2D eigenvalue weighted by molar-refractivity contribution is 5.75. The van der Waals surface area contributed by atoms with E-state index >= 15 is 0 Å². The van der Waals surface area contributed by atoms with Gasteiger partial charge in [-0.25, -0.2) is 4.79 Å². The number of piperazine rings is 1. The van der Waals surface area contributed by atoms with Gasteiger partial charge in [-0.3, -0.25) is 9.69 Å². The van der Waals surface area contributed by atoms with E-state index in [2.05, 4.69) is 13.8 Å². The first-order valence-corrected chi connectivity index (χ1v) is 6.79. The third-order valence-corrected chi connectivity index (χ3v) is 3.46. The number of carbonyl (C=O) groups is 2. The monoisotopic (exact) mass is 271 g/mol. The van der Waals surface area contributed by atoms with Crippen LogP contribution in [0.25, 0.3) is 0 Å². The minimum absolute atomic E-state index is 0.0383. The summed E-state index contributed by atoms with van der Waals surface area (Å²) >= 11 is 0. The molecule has 0 saturated carbocycles. The van der Waals surface area contributed by atoms with Crippen molar-refractivity contribution in [2.24, 2.45) is 5.92 Å². The van der Waals surface area contributed by atoms with Crippen molar-refractivity contribution in [3.63, 3.8) is 0 Å². The number of carbonyl (C=O) groups excluding carboxylic acids is 1. The van der Waals surface area contributed by atoms with Gasteiger partial charge in [0.2, 0.25) is 0 Å². The molecule has 0 bridgehead atoms. The van der Waals surface area contributed by atoms with Crippen molar-refractivity contribution in [3.8, 4) is 0 Å². The average Bonchev–Trinajstić information content (AvgIpc) is 2.36. The standard InChI is InChI=1S/C13H25N3O3/c1-10(2)9-14(4)13(19)16-7-5-15(6-8-16)11(3)12(17)18/h10-11H,5-9H2,1-4H3,(H,17,18). The van der Waals surface area contributed by atoms with Crippen molar-refractivity contribution in [2.75, 3.05) is 39.8 Å². The van der Waals surface area contributed by atoms with Crippen LogP contribution in [0.1, 0.15) is 20.8 Å². The maximum atomic E-state index is 12.2. The first-order valence-electron chi connectivity index (χ1n) is 6.79. The normalized spacial score (nSPS) is 18.5. The van der Waals surface area contributed by atoms with E-state index in [9.17, 15) is 9.59 Å². The zero-order chi connectivity index (χ0) is 14.6. The average molecular weight is 271 g/mol. The number of amides is 2. The van der Waals surface area contributed by atoms with Gasteiger partial charge < -0.3 is 14.9 Å². The summed E-state index contributed by atoms with van der Waals surface area (Å²) in [5.41, 5.74) is 0. The summed E-state index contributed by atoms with van der Waals surface area (Å²) in [6.45, 7) is 9.02. The van der Waals surface area contributed by atoms with Gasteiger partial charge in [0.15, 0.2) is 0 Å². The molecule has 6 heteroatoms. The molecule has 19 heavy (non-hydrogen) atoms. The van der Waals surface area contributed by atoms with Gasteiger partial charge in [0, 0.05) is 39.8 Å². The molecule has 0 spiro atoms. The van der Waals surface area contributed by atoms with E-state index < -0.39 is 12.0 Å². The van der Waals surface area contributed by atoms with Gasteiger partial charge >= 0.3 is 12.0 Å². The summed E-state index contributed by atoms with van der Waals surface area (Å²) in [6, 6.07) is -0.443. The summed E-state index contributed by atoms with van der Waals surface area (Å²) < 4.78 is 0. The first kappa shape index (κ1) is 15.8. The molecular weight excluding hydrogens is 246 g/mol. The number of hydrogen-bond donors (Lipinski definition) is 1. The molecule has 6 nitrogen and oxygen atoms in total. The van der Waals surface area contributed by atoms with Gasteiger partial charge in [0.05, 0.1) is 0 Å². The zero-order valence-electron chi connectivity index (χ0n) is 12.3. The van der Waals surface area contributed by atoms with Gasteiger partial charge in [-0.2, -0.15) is 0 Å². The van der Waals surface area contributed by atoms with E-state index in [1.807, 2.05) is 11.9 Å². The SMILES string of the molecule is CC(C)CN(C)C(=O)N1CCN(C(C)C(=O)O)CC1. The zero-order valence-corrected chi connectivity index (χ0v) is 12.3. The number of carboxylic acids is 1. The van der Waals surface area contributed by atoms with Crippen LogP contribution in [0.4, 0.5) is 4.79 Å². The fraction of sp³-hybridized carbons (Fsp3) is 0.846. The Labute approximate surface area is 115 Å². The third kappa shape index (κ3) is 4.38. The molecule has 0 aromatic carbocycles. The van der Waals surface area contributed by atoms with E-state index in [1.165, 1.54) is 0 Å². The van der Waals surface area contributed by atoms with Gasteiger partial charge in [-0.1, -0.05) is 13.8 Å². The molecule has 1 saturated heterocycles. The lowest BCUT2D eigenvalue weighted by atomic mass is 10.2. The van der Waals surface area contributed by atoms with Gasteiger partial charge in [0.25, 0.3) is 0 Å². The Kier molecular flexibility index (Phi) is 5.60. The molecular formula is C13H25N3O3. The van der Waals surface area contributed by atoms with E-state index in [1.54, 1.807) is 16.7 Å². The van der Waals surface area contributed by atoms with Crippen molar-refractivity contribution in [3.05, 3.63) is 0 Å². The fourth-order valence-electron chi connectivity index (χ4n) is 2.32. The number of nitrogens with zero attached hydrogens (tertiary/aromatic N) is 3. The molecule has 1 aliphatic heterocycles. The molecule has 0 aromatic rings. The Morgan fingerprint density at radius 1 is 1.16 bits per heavy atom. The van der Waals surface area contributed by atoms with Crippen LogP contribution in [0, 0.1) is 5.92 Å². The molecule has 1 rings (SSSR count). The molecule has 110 valence electrons. The second-order valence-corrected chi connectivity index (χ2v) is 5.59. The second kappa shape index (κ2) is 6.75. The number of hydrogen-bond acceptors (Lipinski definition) is 3. The largest absolute Gasteiger partial charge is 0.480 e. The maximum Gasteiger partial charge on any atom is 0.320 e. The minimum atomic E-state index is -0.809. The van der Waals surface area contributed by atoms with E-state index in [0.717, 1.165) is 6.54 Å². The Bertz CT molecular complexity index is 325. The molecule has 1 N–H and O–H groups in total. The summed E-state index contributed by atoms with van der Waals surface area (Å²) in [6.07, 6.45) is 0. The van der Waals surface area contributed by atoms with Crippen LogP contribution in [0.5, 0.6) is 0 Å². The van der Waals surface area contributed by atoms with Crippen molar-refractivity contribution in [2.45, 2.75) is 26.8 Å². The highest BCUT2D eigenvalue weighted by Gasteiger charge is 2.28. The van der Waals surface area contributed by atoms with Crippen molar-refractivity contribution in [1.29, 1.82) is 0 Å². The molecule has 1 fully saturated rings. The van der Waals surface area contributed by atoms with Crippen LogP contribution in [0.2, 0.25) is 0 Å². The summed E-state index contributed by atoms with van der Waals surface area (Å²) in [4.78, 5) is 28.5. The highest BCUT2D eigenvalue weighted by Crippen LogP contribution is 2.09. The third-order valence-electron chi connectivity index (χ3n) is 3.46. The van der Waals surface area contributed by atoms with E-state index in [0.29, 0.717) is 32.1 Å². The van der Waals surface area contributed by atoms with Gasteiger partial charge in [-0.05, 0) is 12.8 Å². The van der Waals surface area contributed by atoms with Crippen LogP contribution < -0.4 is 0 Å². The number of aliphatic carboxylic acids is 1. The molecule has 1 aliphatic rings. The molecule has 0 aliphatic carbocycles. The van der Waals surface area contributed by atoms with E-state index in [-0.39, 0.29) is 6.03 Å². The molecule has 1 heterocycles. The van der Waals surface area contributed by atoms with E-state index in [4.69, 9.17) is 5.11 Å². The highest BCUT2D eigenvalue weighted by atomic mass is 16.4.